The maximum absolute atomic E-state index is 8.40. The van der Waals surface area contributed by atoms with Crippen LogP contribution in [-0.4, -0.2) is 4.98 Å². The van der Waals surface area contributed by atoms with E-state index >= 15 is 0 Å². The van der Waals surface area contributed by atoms with Crippen LogP contribution >= 0.6 is 11.8 Å². The van der Waals surface area contributed by atoms with Gasteiger partial charge in [-0.05, 0) is 30.3 Å². The number of pyridine rings is 1. The fourth-order valence-electron chi connectivity index (χ4n) is 0.748. The molecule has 0 aliphatic rings. The number of nitriles is 1. The number of hydrogen-bond acceptors (Lipinski definition) is 5. The Morgan fingerprint density at radius 2 is 2.17 bits per heavy atom. The molecule has 0 fully saturated rings. The Balaban J connectivity index is 3.16. The van der Waals surface area contributed by atoms with Crippen molar-refractivity contribution in [2.24, 2.45) is 0 Å². The number of hydrogen-bond donors (Lipinski definition) is 2. The van der Waals surface area contributed by atoms with Gasteiger partial charge in [-0.15, -0.1) is 0 Å². The smallest absolute Gasteiger partial charge is 0.140 e. The highest BCUT2D eigenvalue weighted by molar-refractivity contribution is 8.03. The van der Waals surface area contributed by atoms with Crippen LogP contribution < -0.4 is 11.5 Å². The van der Waals surface area contributed by atoms with Crippen LogP contribution in [0.1, 0.15) is 5.56 Å². The molecule has 0 amide bonds. The second-order valence-corrected chi connectivity index (χ2v) is 3.09. The highest BCUT2D eigenvalue weighted by Gasteiger charge is 2.04. The predicted molar refractivity (Wildman–Crippen MR) is 49.3 cm³/mol. The molecule has 0 aromatic carbocycles. The van der Waals surface area contributed by atoms with Crippen molar-refractivity contribution in [3.05, 3.63) is 11.6 Å². The summed E-state index contributed by atoms with van der Waals surface area (Å²) in [4.78, 5) is 4.53. The second-order valence-electron chi connectivity index (χ2n) is 2.27. The molecule has 0 unspecified atom stereocenters. The SMILES string of the molecule is Cc1cc(SC#N)c(N)nc1N. The third-order valence-electron chi connectivity index (χ3n) is 1.40. The minimum absolute atomic E-state index is 0.310. The number of aromatic nitrogens is 1. The summed E-state index contributed by atoms with van der Waals surface area (Å²) in [6, 6.07) is 1.76. The Morgan fingerprint density at radius 1 is 1.50 bits per heavy atom. The molecular weight excluding hydrogens is 172 g/mol. The van der Waals surface area contributed by atoms with Crippen molar-refractivity contribution in [3.8, 4) is 5.40 Å². The minimum Gasteiger partial charge on any atom is -0.383 e. The van der Waals surface area contributed by atoms with Crippen molar-refractivity contribution in [2.75, 3.05) is 11.5 Å². The van der Waals surface area contributed by atoms with E-state index in [1.165, 1.54) is 0 Å². The first kappa shape index (κ1) is 8.68. The highest BCUT2D eigenvalue weighted by atomic mass is 32.2. The number of nitrogen functional groups attached to an aromatic ring is 2. The maximum atomic E-state index is 8.40. The summed E-state index contributed by atoms with van der Waals surface area (Å²) in [5.41, 5.74) is 11.9. The largest absolute Gasteiger partial charge is 0.383 e. The number of nitrogens with zero attached hydrogens (tertiary/aromatic N) is 2. The van der Waals surface area contributed by atoms with E-state index in [0.717, 1.165) is 17.3 Å². The van der Waals surface area contributed by atoms with E-state index in [1.54, 1.807) is 6.07 Å². The van der Waals surface area contributed by atoms with Gasteiger partial charge in [-0.25, -0.2) is 4.98 Å². The average molecular weight is 180 g/mol. The Hall–Kier alpha value is -1.41. The van der Waals surface area contributed by atoms with Gasteiger partial charge >= 0.3 is 0 Å². The molecule has 62 valence electrons. The normalized spacial score (nSPS) is 9.33. The van der Waals surface area contributed by atoms with Gasteiger partial charge in [0.15, 0.2) is 0 Å². The average Bonchev–Trinajstić information content (AvgIpc) is 2.01. The molecule has 0 aliphatic carbocycles. The van der Waals surface area contributed by atoms with E-state index < -0.39 is 0 Å². The fourth-order valence-corrected chi connectivity index (χ4v) is 1.23. The van der Waals surface area contributed by atoms with Gasteiger partial charge in [-0.2, -0.15) is 5.26 Å². The van der Waals surface area contributed by atoms with Gasteiger partial charge < -0.3 is 11.5 Å². The molecule has 1 rings (SSSR count). The van der Waals surface area contributed by atoms with Crippen LogP contribution in [0.2, 0.25) is 0 Å². The molecule has 0 saturated carbocycles. The first-order valence-electron chi connectivity index (χ1n) is 3.23. The molecular formula is C7H8N4S. The minimum atomic E-state index is 0.310. The quantitative estimate of drug-likeness (QED) is 0.499. The van der Waals surface area contributed by atoms with Gasteiger partial charge in [0.2, 0.25) is 0 Å². The molecule has 1 aromatic heterocycles. The van der Waals surface area contributed by atoms with Crippen LogP contribution in [0, 0.1) is 17.6 Å². The zero-order chi connectivity index (χ0) is 9.14. The molecule has 0 atom stereocenters. The van der Waals surface area contributed by atoms with Crippen molar-refractivity contribution in [3.63, 3.8) is 0 Å². The molecule has 0 radical (unpaired) electrons. The Morgan fingerprint density at radius 3 is 2.75 bits per heavy atom. The van der Waals surface area contributed by atoms with Crippen molar-refractivity contribution in [2.45, 2.75) is 11.8 Å². The summed E-state index contributed by atoms with van der Waals surface area (Å²) < 4.78 is 0. The van der Waals surface area contributed by atoms with Crippen LogP contribution in [0.4, 0.5) is 11.6 Å². The highest BCUT2D eigenvalue weighted by Crippen LogP contribution is 2.25. The molecule has 0 bridgehead atoms. The Labute approximate surface area is 74.6 Å². The van der Waals surface area contributed by atoms with E-state index in [1.807, 2.05) is 12.3 Å². The first-order chi connectivity index (χ1) is 5.65. The Kier molecular flexibility index (Phi) is 2.41. The van der Waals surface area contributed by atoms with Gasteiger partial charge in [0.05, 0.1) is 4.90 Å². The predicted octanol–water partition coefficient (Wildman–Crippen LogP) is 1.13. The molecule has 1 aromatic rings. The van der Waals surface area contributed by atoms with Crippen LogP contribution in [0.25, 0.3) is 0 Å². The standard InChI is InChI=1S/C7H8N4S/c1-4-2-5(12-3-8)7(10)11-6(4)9/h2H,1H3,(H4,9,10,11). The van der Waals surface area contributed by atoms with Crippen molar-refractivity contribution in [1.29, 1.82) is 5.26 Å². The molecule has 1 heterocycles. The van der Waals surface area contributed by atoms with Gasteiger partial charge in [0.25, 0.3) is 0 Å². The zero-order valence-electron chi connectivity index (χ0n) is 6.53. The second kappa shape index (κ2) is 3.32. The maximum Gasteiger partial charge on any atom is 0.140 e. The zero-order valence-corrected chi connectivity index (χ0v) is 7.35. The number of thioether (sulfide) groups is 1. The van der Waals surface area contributed by atoms with E-state index in [0.29, 0.717) is 16.5 Å². The summed E-state index contributed by atoms with van der Waals surface area (Å²) in [6.45, 7) is 1.82. The lowest BCUT2D eigenvalue weighted by Gasteiger charge is -2.03. The van der Waals surface area contributed by atoms with Crippen LogP contribution in [-0.2, 0) is 0 Å². The van der Waals surface area contributed by atoms with Crippen LogP contribution in [0.5, 0.6) is 0 Å². The fraction of sp³-hybridized carbons (Fsp3) is 0.143. The van der Waals surface area contributed by atoms with E-state index in [4.69, 9.17) is 16.7 Å². The number of nitrogens with two attached hydrogens (primary N) is 2. The lowest BCUT2D eigenvalue weighted by molar-refractivity contribution is 1.22. The van der Waals surface area contributed by atoms with E-state index in [9.17, 15) is 0 Å². The molecule has 4 nitrogen and oxygen atoms in total. The lowest BCUT2D eigenvalue weighted by atomic mass is 10.3. The topological polar surface area (TPSA) is 88.7 Å². The third-order valence-corrected chi connectivity index (χ3v) is 2.04. The molecule has 5 heteroatoms. The number of anilines is 2. The molecule has 4 N–H and O–H groups in total. The molecule has 0 aliphatic heterocycles. The van der Waals surface area contributed by atoms with E-state index in [2.05, 4.69) is 4.98 Å². The first-order valence-corrected chi connectivity index (χ1v) is 4.05. The van der Waals surface area contributed by atoms with E-state index in [-0.39, 0.29) is 0 Å². The van der Waals surface area contributed by atoms with Crippen LogP contribution in [0.3, 0.4) is 0 Å². The monoisotopic (exact) mass is 180 g/mol. The number of thiocyanates is 1. The number of rotatable bonds is 1. The van der Waals surface area contributed by atoms with Gasteiger partial charge in [-0.3, -0.25) is 0 Å². The van der Waals surface area contributed by atoms with Gasteiger partial charge in [0.1, 0.15) is 17.0 Å². The van der Waals surface area contributed by atoms with Gasteiger partial charge in [-0.1, -0.05) is 0 Å². The summed E-state index contributed by atoms with van der Waals surface area (Å²) >= 11 is 0.987. The molecule has 0 spiro atoms. The van der Waals surface area contributed by atoms with Crippen LogP contribution in [0.15, 0.2) is 11.0 Å². The van der Waals surface area contributed by atoms with Crippen molar-refractivity contribution in [1.82, 2.24) is 4.98 Å². The summed E-state index contributed by atoms with van der Waals surface area (Å²) in [5.74, 6) is 0.722. The van der Waals surface area contributed by atoms with Gasteiger partial charge in [0, 0.05) is 0 Å². The van der Waals surface area contributed by atoms with Crippen molar-refractivity contribution >= 4 is 23.4 Å². The molecule has 12 heavy (non-hydrogen) atoms. The lowest BCUT2D eigenvalue weighted by Crippen LogP contribution is -1.99. The third kappa shape index (κ3) is 1.60. The summed E-state index contributed by atoms with van der Waals surface area (Å²) in [7, 11) is 0. The Bertz CT molecular complexity index is 342. The molecule has 0 saturated heterocycles. The summed E-state index contributed by atoms with van der Waals surface area (Å²) in [5, 5.41) is 10.3. The number of aryl methyl sites for hydroxylation is 1. The summed E-state index contributed by atoms with van der Waals surface area (Å²) in [6.07, 6.45) is 0. The van der Waals surface area contributed by atoms with Crippen molar-refractivity contribution < 1.29 is 0 Å².